The van der Waals surface area contributed by atoms with E-state index in [0.717, 1.165) is 44.9 Å². The molecular weight excluding hydrogens is 210 g/mol. The van der Waals surface area contributed by atoms with E-state index < -0.39 is 5.97 Å². The van der Waals surface area contributed by atoms with Crippen LogP contribution in [-0.2, 0) is 9.59 Å². The predicted octanol–water partition coefficient (Wildman–Crippen LogP) is -1.35. The van der Waals surface area contributed by atoms with Crippen molar-refractivity contribution in [2.75, 3.05) is 39.3 Å². The molecule has 1 aliphatic heterocycles. The van der Waals surface area contributed by atoms with Crippen molar-refractivity contribution in [3.63, 3.8) is 0 Å². The van der Waals surface area contributed by atoms with Crippen LogP contribution in [0.3, 0.4) is 0 Å². The quantitative estimate of drug-likeness (QED) is 0.506. The van der Waals surface area contributed by atoms with Crippen molar-refractivity contribution < 1.29 is 14.7 Å². The molecule has 0 aliphatic carbocycles. The molecule has 1 heterocycles. The van der Waals surface area contributed by atoms with Gasteiger partial charge < -0.3 is 15.7 Å². The highest BCUT2D eigenvalue weighted by Gasteiger charge is 2.08. The van der Waals surface area contributed by atoms with Crippen LogP contribution < -0.4 is 10.6 Å². The number of hydrogen-bond acceptors (Lipinski definition) is 4. The van der Waals surface area contributed by atoms with E-state index in [1.807, 2.05) is 0 Å². The molecule has 16 heavy (non-hydrogen) atoms. The lowest BCUT2D eigenvalue weighted by atomic mass is 10.3. The van der Waals surface area contributed by atoms with Crippen molar-refractivity contribution in [2.45, 2.75) is 0 Å². The zero-order valence-corrected chi connectivity index (χ0v) is 9.11. The van der Waals surface area contributed by atoms with E-state index in [1.165, 1.54) is 0 Å². The molecule has 0 aromatic carbocycles. The molecule has 1 aliphatic rings. The summed E-state index contributed by atoms with van der Waals surface area (Å²) < 4.78 is 0. The number of carboxylic acids is 1. The van der Waals surface area contributed by atoms with Crippen molar-refractivity contribution in [3.05, 3.63) is 12.2 Å². The van der Waals surface area contributed by atoms with Crippen molar-refractivity contribution in [2.24, 2.45) is 0 Å². The van der Waals surface area contributed by atoms with Gasteiger partial charge in [0.05, 0.1) is 0 Å². The average Bonchev–Trinajstić information content (AvgIpc) is 2.28. The van der Waals surface area contributed by atoms with Crippen LogP contribution in [0.15, 0.2) is 12.2 Å². The summed E-state index contributed by atoms with van der Waals surface area (Å²) in [5, 5.41) is 14.2. The molecule has 0 aromatic rings. The first-order valence-corrected chi connectivity index (χ1v) is 5.30. The van der Waals surface area contributed by atoms with E-state index in [0.29, 0.717) is 6.54 Å². The standard InChI is InChI=1S/C10H17N3O3/c14-9(1-2-10(15)16)12-5-8-13-6-3-11-4-7-13/h1-2,11H,3-8H2,(H,12,14)(H,15,16)/b2-1+. The number of carboxylic acid groups (broad SMARTS) is 1. The van der Waals surface area contributed by atoms with E-state index >= 15 is 0 Å². The lowest BCUT2D eigenvalue weighted by Crippen LogP contribution is -2.46. The third kappa shape index (κ3) is 5.47. The second kappa shape index (κ2) is 6.97. The molecule has 1 saturated heterocycles. The Bertz CT molecular complexity index is 272. The zero-order valence-electron chi connectivity index (χ0n) is 9.11. The van der Waals surface area contributed by atoms with Gasteiger partial charge in [-0.2, -0.15) is 0 Å². The molecular formula is C10H17N3O3. The maximum Gasteiger partial charge on any atom is 0.328 e. The fourth-order valence-corrected chi connectivity index (χ4v) is 1.48. The Morgan fingerprint density at radius 2 is 2.00 bits per heavy atom. The van der Waals surface area contributed by atoms with E-state index in [4.69, 9.17) is 5.11 Å². The summed E-state index contributed by atoms with van der Waals surface area (Å²) in [7, 11) is 0. The number of rotatable bonds is 5. The van der Waals surface area contributed by atoms with Gasteiger partial charge in [0.15, 0.2) is 0 Å². The third-order valence-electron chi connectivity index (χ3n) is 2.31. The highest BCUT2D eigenvalue weighted by Crippen LogP contribution is 1.89. The van der Waals surface area contributed by atoms with E-state index in [9.17, 15) is 9.59 Å². The van der Waals surface area contributed by atoms with Crippen molar-refractivity contribution in [1.29, 1.82) is 0 Å². The molecule has 0 spiro atoms. The Hall–Kier alpha value is -1.40. The molecule has 0 saturated carbocycles. The van der Waals surface area contributed by atoms with Gasteiger partial charge >= 0.3 is 5.97 Å². The maximum atomic E-state index is 11.1. The van der Waals surface area contributed by atoms with Crippen LogP contribution in [0.25, 0.3) is 0 Å². The molecule has 6 nitrogen and oxygen atoms in total. The molecule has 1 fully saturated rings. The van der Waals surface area contributed by atoms with Crippen LogP contribution in [0.2, 0.25) is 0 Å². The van der Waals surface area contributed by atoms with Gasteiger partial charge in [-0.15, -0.1) is 0 Å². The largest absolute Gasteiger partial charge is 0.478 e. The molecule has 0 aromatic heterocycles. The number of nitrogens with one attached hydrogen (secondary N) is 2. The molecule has 0 radical (unpaired) electrons. The first-order valence-electron chi connectivity index (χ1n) is 5.30. The maximum absolute atomic E-state index is 11.1. The number of aliphatic carboxylic acids is 1. The Morgan fingerprint density at radius 3 is 2.62 bits per heavy atom. The minimum Gasteiger partial charge on any atom is -0.478 e. The molecule has 0 unspecified atom stereocenters. The summed E-state index contributed by atoms with van der Waals surface area (Å²) in [6.07, 6.45) is 1.86. The summed E-state index contributed by atoms with van der Waals surface area (Å²) in [6.45, 7) is 5.28. The van der Waals surface area contributed by atoms with Crippen molar-refractivity contribution in [3.8, 4) is 0 Å². The van der Waals surface area contributed by atoms with Crippen LogP contribution in [0, 0.1) is 0 Å². The summed E-state index contributed by atoms with van der Waals surface area (Å²) >= 11 is 0. The van der Waals surface area contributed by atoms with E-state index in [1.54, 1.807) is 0 Å². The fourth-order valence-electron chi connectivity index (χ4n) is 1.48. The minimum atomic E-state index is -1.11. The lowest BCUT2D eigenvalue weighted by molar-refractivity contribution is -0.131. The number of piperazine rings is 1. The molecule has 6 heteroatoms. The summed E-state index contributed by atoms with van der Waals surface area (Å²) in [5.74, 6) is -1.48. The van der Waals surface area contributed by atoms with Crippen LogP contribution in [-0.4, -0.2) is 61.2 Å². The smallest absolute Gasteiger partial charge is 0.328 e. The van der Waals surface area contributed by atoms with E-state index in [2.05, 4.69) is 15.5 Å². The van der Waals surface area contributed by atoms with Gasteiger partial charge in [-0.05, 0) is 0 Å². The number of amides is 1. The van der Waals surface area contributed by atoms with Crippen LogP contribution in [0.1, 0.15) is 0 Å². The number of carbonyl (C=O) groups excluding carboxylic acids is 1. The topological polar surface area (TPSA) is 81.7 Å². The second-order valence-electron chi connectivity index (χ2n) is 3.55. The summed E-state index contributed by atoms with van der Waals surface area (Å²) in [4.78, 5) is 23.5. The third-order valence-corrected chi connectivity index (χ3v) is 2.31. The zero-order chi connectivity index (χ0) is 11.8. The second-order valence-corrected chi connectivity index (χ2v) is 3.55. The highest BCUT2D eigenvalue weighted by molar-refractivity contribution is 5.93. The number of nitrogens with zero attached hydrogens (tertiary/aromatic N) is 1. The Labute approximate surface area is 94.3 Å². The lowest BCUT2D eigenvalue weighted by Gasteiger charge is -2.26. The number of hydrogen-bond donors (Lipinski definition) is 3. The van der Waals surface area contributed by atoms with Gasteiger partial charge in [0.2, 0.25) is 5.91 Å². The average molecular weight is 227 g/mol. The summed E-state index contributed by atoms with van der Waals surface area (Å²) in [5.41, 5.74) is 0. The van der Waals surface area contributed by atoms with Crippen LogP contribution in [0.4, 0.5) is 0 Å². The first kappa shape index (κ1) is 12.7. The van der Waals surface area contributed by atoms with Crippen LogP contribution in [0.5, 0.6) is 0 Å². The minimum absolute atomic E-state index is 0.363. The molecule has 0 atom stereocenters. The molecule has 1 rings (SSSR count). The Kier molecular flexibility index (Phi) is 5.52. The molecule has 0 bridgehead atoms. The summed E-state index contributed by atoms with van der Waals surface area (Å²) in [6, 6.07) is 0. The van der Waals surface area contributed by atoms with Gasteiger partial charge in [-0.25, -0.2) is 4.79 Å². The first-order chi connectivity index (χ1) is 7.68. The number of carbonyl (C=O) groups is 2. The van der Waals surface area contributed by atoms with E-state index in [-0.39, 0.29) is 5.91 Å². The fraction of sp³-hybridized carbons (Fsp3) is 0.600. The normalized spacial score (nSPS) is 17.5. The van der Waals surface area contributed by atoms with Gasteiger partial charge in [0.25, 0.3) is 0 Å². The molecule has 90 valence electrons. The van der Waals surface area contributed by atoms with Gasteiger partial charge in [0.1, 0.15) is 0 Å². The highest BCUT2D eigenvalue weighted by atomic mass is 16.4. The Balaban J connectivity index is 2.09. The van der Waals surface area contributed by atoms with Gasteiger partial charge in [-0.1, -0.05) is 0 Å². The predicted molar refractivity (Wildman–Crippen MR) is 59.1 cm³/mol. The SMILES string of the molecule is O=C(O)/C=C/C(=O)NCCN1CCNCC1. The molecule has 3 N–H and O–H groups in total. The monoisotopic (exact) mass is 227 g/mol. The molecule has 1 amide bonds. The van der Waals surface area contributed by atoms with Gasteiger partial charge in [0, 0.05) is 51.4 Å². The van der Waals surface area contributed by atoms with Gasteiger partial charge in [-0.3, -0.25) is 9.69 Å². The van der Waals surface area contributed by atoms with Crippen molar-refractivity contribution in [1.82, 2.24) is 15.5 Å². The van der Waals surface area contributed by atoms with Crippen LogP contribution >= 0.6 is 0 Å². The van der Waals surface area contributed by atoms with Crippen molar-refractivity contribution >= 4 is 11.9 Å². The Morgan fingerprint density at radius 1 is 1.31 bits per heavy atom.